The maximum atomic E-state index is 12.3. The lowest BCUT2D eigenvalue weighted by Gasteiger charge is -2.60. The zero-order valence-electron chi connectivity index (χ0n) is 19.6. The van der Waals surface area contributed by atoms with E-state index in [1.54, 1.807) is 0 Å². The minimum absolute atomic E-state index is 0.0528. The fourth-order valence-corrected chi connectivity index (χ4v) is 7.68. The fourth-order valence-electron chi connectivity index (χ4n) is 7.68. The predicted octanol–water partition coefficient (Wildman–Crippen LogP) is 4.02. The number of aliphatic hydroxyl groups is 1. The Balaban J connectivity index is 1.89. The maximum Gasteiger partial charge on any atom is 0.430 e. The van der Waals surface area contributed by atoms with Crippen molar-refractivity contribution in [3.8, 4) is 0 Å². The molecule has 4 aliphatic rings. The Bertz CT molecular complexity index is 791. The Morgan fingerprint density at radius 3 is 2.12 bits per heavy atom. The number of hydrogen-bond acceptors (Lipinski definition) is 7. The molecule has 3 fully saturated rings. The van der Waals surface area contributed by atoms with E-state index in [0.29, 0.717) is 6.42 Å². The van der Waals surface area contributed by atoms with Crippen molar-refractivity contribution in [3.63, 3.8) is 0 Å². The standard InChI is InChI=1S/C25H36O7/c1-15(26)30-25(31-16(2)27,32-17(3)28)24-13-6-5-7-18(24)8-9-19-20-10-11-22(29)23(20,4)14-12-21(19)24/h9,18,20-22,29H,5-8,10-14H2,1-4H3/t18?,20-,21+,22?,23-,24+/m0/s1. The molecule has 6 atom stereocenters. The van der Waals surface area contributed by atoms with E-state index < -0.39 is 29.3 Å². The molecule has 0 aliphatic heterocycles. The normalized spacial score (nSPS) is 38.5. The van der Waals surface area contributed by atoms with Gasteiger partial charge in [0.15, 0.2) is 0 Å². The van der Waals surface area contributed by atoms with E-state index in [4.69, 9.17) is 14.2 Å². The molecule has 3 saturated carbocycles. The van der Waals surface area contributed by atoms with Crippen molar-refractivity contribution < 1.29 is 33.7 Å². The summed E-state index contributed by atoms with van der Waals surface area (Å²) in [5.41, 5.74) is 0.231. The molecule has 0 heterocycles. The van der Waals surface area contributed by atoms with Crippen molar-refractivity contribution >= 4 is 17.9 Å². The quantitative estimate of drug-likeness (QED) is 0.394. The van der Waals surface area contributed by atoms with Gasteiger partial charge in [-0.05, 0) is 62.7 Å². The van der Waals surface area contributed by atoms with Crippen LogP contribution in [0.4, 0.5) is 0 Å². The minimum Gasteiger partial charge on any atom is -0.393 e. The summed E-state index contributed by atoms with van der Waals surface area (Å²) in [6.07, 6.45) is 9.41. The molecule has 32 heavy (non-hydrogen) atoms. The van der Waals surface area contributed by atoms with Gasteiger partial charge in [-0.15, -0.1) is 0 Å². The van der Waals surface area contributed by atoms with Crippen molar-refractivity contribution in [2.24, 2.45) is 28.6 Å². The van der Waals surface area contributed by atoms with E-state index in [9.17, 15) is 19.5 Å². The number of carbonyl (C=O) groups excluding carboxylic acids is 3. The zero-order valence-corrected chi connectivity index (χ0v) is 19.6. The van der Waals surface area contributed by atoms with Gasteiger partial charge in [-0.2, -0.15) is 0 Å². The molecule has 7 nitrogen and oxygen atoms in total. The summed E-state index contributed by atoms with van der Waals surface area (Å²) in [6, 6.07) is 0. The van der Waals surface area contributed by atoms with Crippen LogP contribution in [-0.2, 0) is 28.6 Å². The van der Waals surface area contributed by atoms with Gasteiger partial charge in [-0.25, -0.2) is 0 Å². The Kier molecular flexibility index (Phi) is 5.93. The number of carbonyl (C=O) groups is 3. The molecule has 7 heteroatoms. The van der Waals surface area contributed by atoms with E-state index in [1.807, 2.05) is 0 Å². The topological polar surface area (TPSA) is 99.1 Å². The maximum absolute atomic E-state index is 12.3. The number of ether oxygens (including phenoxy) is 3. The first-order chi connectivity index (χ1) is 15.1. The van der Waals surface area contributed by atoms with Crippen molar-refractivity contribution in [2.75, 3.05) is 0 Å². The van der Waals surface area contributed by atoms with Crippen LogP contribution in [0.25, 0.3) is 0 Å². The van der Waals surface area contributed by atoms with Crippen LogP contribution in [0.2, 0.25) is 0 Å². The molecule has 1 N–H and O–H groups in total. The van der Waals surface area contributed by atoms with Gasteiger partial charge in [0.1, 0.15) is 0 Å². The molecule has 178 valence electrons. The van der Waals surface area contributed by atoms with Crippen LogP contribution in [0.15, 0.2) is 11.6 Å². The Morgan fingerprint density at radius 2 is 1.53 bits per heavy atom. The van der Waals surface area contributed by atoms with Crippen molar-refractivity contribution in [1.29, 1.82) is 0 Å². The average Bonchev–Trinajstić information content (AvgIpc) is 3.00. The van der Waals surface area contributed by atoms with Crippen LogP contribution in [0.3, 0.4) is 0 Å². The molecule has 4 aliphatic carbocycles. The third kappa shape index (κ3) is 3.39. The average molecular weight is 449 g/mol. The van der Waals surface area contributed by atoms with Crippen LogP contribution in [0.1, 0.15) is 85.5 Å². The fraction of sp³-hybridized carbons (Fsp3) is 0.800. The van der Waals surface area contributed by atoms with E-state index in [-0.39, 0.29) is 29.3 Å². The van der Waals surface area contributed by atoms with E-state index >= 15 is 0 Å². The van der Waals surface area contributed by atoms with Gasteiger partial charge in [0.2, 0.25) is 0 Å². The number of fused-ring (bicyclic) bond motifs is 5. The van der Waals surface area contributed by atoms with Gasteiger partial charge in [0, 0.05) is 26.2 Å². The molecular weight excluding hydrogens is 412 g/mol. The summed E-state index contributed by atoms with van der Waals surface area (Å²) in [5.74, 6) is -3.82. The van der Waals surface area contributed by atoms with Crippen LogP contribution in [0.5, 0.6) is 0 Å². The summed E-state index contributed by atoms with van der Waals surface area (Å²) in [5, 5.41) is 10.8. The first kappa shape index (κ1) is 23.3. The van der Waals surface area contributed by atoms with Gasteiger partial charge in [-0.3, -0.25) is 14.4 Å². The SMILES string of the molecule is CC(=O)OC(OC(C)=O)(OC(C)=O)[C@]12CCCCC1CC=C1[C@H]2CC[C@]2(C)C(O)CC[C@@H]12. The first-order valence-corrected chi connectivity index (χ1v) is 12.0. The van der Waals surface area contributed by atoms with E-state index in [2.05, 4.69) is 13.0 Å². The molecule has 0 amide bonds. The number of rotatable bonds is 4. The van der Waals surface area contributed by atoms with E-state index in [1.165, 1.54) is 26.3 Å². The molecule has 0 aromatic heterocycles. The van der Waals surface area contributed by atoms with Gasteiger partial charge in [0.25, 0.3) is 0 Å². The summed E-state index contributed by atoms with van der Waals surface area (Å²) in [7, 11) is 0. The minimum atomic E-state index is -2.09. The Morgan fingerprint density at radius 1 is 0.906 bits per heavy atom. The highest BCUT2D eigenvalue weighted by Crippen LogP contribution is 2.68. The third-order valence-electron chi connectivity index (χ3n) is 8.85. The highest BCUT2D eigenvalue weighted by atomic mass is 16.9. The molecular formula is C25H36O7. The van der Waals surface area contributed by atoms with Gasteiger partial charge >= 0.3 is 23.9 Å². The van der Waals surface area contributed by atoms with Crippen LogP contribution in [-0.4, -0.2) is 35.1 Å². The molecule has 0 bridgehead atoms. The van der Waals surface area contributed by atoms with E-state index in [0.717, 1.165) is 51.4 Å². The monoisotopic (exact) mass is 448 g/mol. The number of aliphatic hydroxyl groups excluding tert-OH is 1. The van der Waals surface area contributed by atoms with Crippen molar-refractivity contribution in [2.45, 2.75) is 97.6 Å². The first-order valence-electron chi connectivity index (χ1n) is 12.0. The second-order valence-electron chi connectivity index (χ2n) is 10.5. The second kappa shape index (κ2) is 8.15. The van der Waals surface area contributed by atoms with Gasteiger partial charge in [0.05, 0.1) is 11.5 Å². The van der Waals surface area contributed by atoms with Crippen molar-refractivity contribution in [1.82, 2.24) is 0 Å². The molecule has 2 unspecified atom stereocenters. The highest BCUT2D eigenvalue weighted by molar-refractivity contribution is 5.71. The molecule has 0 saturated heterocycles. The summed E-state index contributed by atoms with van der Waals surface area (Å²) < 4.78 is 17.3. The summed E-state index contributed by atoms with van der Waals surface area (Å²) >= 11 is 0. The Hall–Kier alpha value is -1.89. The van der Waals surface area contributed by atoms with Crippen LogP contribution >= 0.6 is 0 Å². The zero-order chi connectivity index (χ0) is 23.3. The molecule has 0 spiro atoms. The second-order valence-corrected chi connectivity index (χ2v) is 10.5. The lowest BCUT2D eigenvalue weighted by molar-refractivity contribution is -0.402. The molecule has 0 radical (unpaired) electrons. The smallest absolute Gasteiger partial charge is 0.393 e. The molecule has 4 rings (SSSR count). The lowest BCUT2D eigenvalue weighted by atomic mass is 9.47. The van der Waals surface area contributed by atoms with Crippen LogP contribution in [0, 0.1) is 28.6 Å². The molecule has 0 aromatic rings. The van der Waals surface area contributed by atoms with Crippen molar-refractivity contribution in [3.05, 3.63) is 11.6 Å². The highest BCUT2D eigenvalue weighted by Gasteiger charge is 2.71. The largest absolute Gasteiger partial charge is 0.430 e. The summed E-state index contributed by atoms with van der Waals surface area (Å²) in [6.45, 7) is 5.92. The van der Waals surface area contributed by atoms with Gasteiger partial charge in [-0.1, -0.05) is 31.4 Å². The van der Waals surface area contributed by atoms with Gasteiger partial charge < -0.3 is 19.3 Å². The number of hydrogen-bond donors (Lipinski definition) is 1. The Labute approximate surface area is 189 Å². The predicted molar refractivity (Wildman–Crippen MR) is 115 cm³/mol. The summed E-state index contributed by atoms with van der Waals surface area (Å²) in [4.78, 5) is 37.0. The lowest BCUT2D eigenvalue weighted by Crippen LogP contribution is -2.66. The molecule has 0 aromatic carbocycles. The number of allylic oxidation sites excluding steroid dienone is 2. The van der Waals surface area contributed by atoms with Crippen LogP contribution < -0.4 is 0 Å². The third-order valence-corrected chi connectivity index (χ3v) is 8.85. The number of esters is 3.